The first-order valence-electron chi connectivity index (χ1n) is 7.73. The molecule has 0 spiro atoms. The van der Waals surface area contributed by atoms with E-state index in [1.807, 2.05) is 12.1 Å². The Kier molecular flexibility index (Phi) is 7.30. The number of anilines is 1. The zero-order valence-corrected chi connectivity index (χ0v) is 13.6. The molecule has 1 aromatic carbocycles. The maximum absolute atomic E-state index is 6.26. The topological polar surface area (TPSA) is 27.7 Å². The molecule has 118 valence electrons. The van der Waals surface area contributed by atoms with Crippen molar-refractivity contribution < 1.29 is 4.74 Å². The molecule has 1 aliphatic rings. The van der Waals surface area contributed by atoms with Crippen molar-refractivity contribution in [2.75, 3.05) is 64.4 Å². The molecule has 0 atom stereocenters. The number of methoxy groups -OCH3 is 1. The minimum Gasteiger partial charge on any atom is -0.383 e. The van der Waals surface area contributed by atoms with E-state index in [-0.39, 0.29) is 0 Å². The second-order valence-electron chi connectivity index (χ2n) is 5.38. The monoisotopic (exact) mass is 311 g/mol. The van der Waals surface area contributed by atoms with Gasteiger partial charge in [-0.2, -0.15) is 0 Å². The van der Waals surface area contributed by atoms with E-state index in [0.717, 1.165) is 57.4 Å². The van der Waals surface area contributed by atoms with E-state index in [1.165, 1.54) is 12.1 Å². The normalized spacial score (nSPS) is 16.4. The Hall–Kier alpha value is -0.810. The van der Waals surface area contributed by atoms with Crippen LogP contribution in [0.4, 0.5) is 5.69 Å². The standard InChI is InChI=1S/C16H26ClN3O/c1-21-14-8-18-7-4-9-19-10-12-20(13-11-19)16-6-3-2-5-15(16)17/h2-3,5-6,18H,4,7-14H2,1H3. The third-order valence-electron chi connectivity index (χ3n) is 3.88. The molecule has 0 saturated carbocycles. The summed E-state index contributed by atoms with van der Waals surface area (Å²) in [7, 11) is 1.74. The van der Waals surface area contributed by atoms with Gasteiger partial charge in [0.25, 0.3) is 0 Å². The van der Waals surface area contributed by atoms with E-state index in [0.29, 0.717) is 0 Å². The highest BCUT2D eigenvalue weighted by molar-refractivity contribution is 6.33. The fraction of sp³-hybridized carbons (Fsp3) is 0.625. The van der Waals surface area contributed by atoms with E-state index in [4.69, 9.17) is 16.3 Å². The lowest BCUT2D eigenvalue weighted by Crippen LogP contribution is -2.47. The fourth-order valence-corrected chi connectivity index (χ4v) is 2.90. The van der Waals surface area contributed by atoms with Crippen LogP contribution >= 0.6 is 11.6 Å². The van der Waals surface area contributed by atoms with Crippen molar-refractivity contribution in [3.8, 4) is 0 Å². The number of nitrogens with zero attached hydrogens (tertiary/aromatic N) is 2. The average Bonchev–Trinajstić information content (AvgIpc) is 2.52. The number of ether oxygens (including phenoxy) is 1. The molecule has 1 heterocycles. The number of rotatable bonds is 8. The quantitative estimate of drug-likeness (QED) is 0.744. The van der Waals surface area contributed by atoms with Crippen molar-refractivity contribution in [3.63, 3.8) is 0 Å². The molecule has 1 saturated heterocycles. The first-order valence-corrected chi connectivity index (χ1v) is 8.10. The van der Waals surface area contributed by atoms with Crippen LogP contribution < -0.4 is 10.2 Å². The lowest BCUT2D eigenvalue weighted by Gasteiger charge is -2.36. The summed E-state index contributed by atoms with van der Waals surface area (Å²) in [5, 5.41) is 4.24. The van der Waals surface area contributed by atoms with E-state index >= 15 is 0 Å². The Bertz CT molecular complexity index is 408. The number of halogens is 1. The molecule has 1 N–H and O–H groups in total. The zero-order valence-electron chi connectivity index (χ0n) is 12.9. The van der Waals surface area contributed by atoms with E-state index in [2.05, 4.69) is 27.2 Å². The van der Waals surface area contributed by atoms with Gasteiger partial charge in [-0.15, -0.1) is 0 Å². The summed E-state index contributed by atoms with van der Waals surface area (Å²) in [6, 6.07) is 8.12. The van der Waals surface area contributed by atoms with Crippen LogP contribution in [-0.4, -0.2) is 64.4 Å². The predicted molar refractivity (Wildman–Crippen MR) is 89.5 cm³/mol. The van der Waals surface area contributed by atoms with Gasteiger partial charge in [-0.3, -0.25) is 4.90 Å². The van der Waals surface area contributed by atoms with Crippen molar-refractivity contribution in [3.05, 3.63) is 29.3 Å². The van der Waals surface area contributed by atoms with E-state index in [1.54, 1.807) is 7.11 Å². The average molecular weight is 312 g/mol. The lowest BCUT2D eigenvalue weighted by atomic mass is 10.2. The van der Waals surface area contributed by atoms with Gasteiger partial charge in [0.2, 0.25) is 0 Å². The summed E-state index contributed by atoms with van der Waals surface area (Å²) in [5.41, 5.74) is 1.17. The van der Waals surface area contributed by atoms with Crippen LogP contribution in [0.1, 0.15) is 6.42 Å². The van der Waals surface area contributed by atoms with E-state index < -0.39 is 0 Å². The molecular weight excluding hydrogens is 286 g/mol. The molecule has 0 amide bonds. The Labute approximate surface area is 133 Å². The number of benzene rings is 1. The molecule has 5 heteroatoms. The molecule has 4 nitrogen and oxygen atoms in total. The number of para-hydroxylation sites is 1. The van der Waals surface area contributed by atoms with Crippen LogP contribution in [-0.2, 0) is 4.74 Å². The predicted octanol–water partition coefficient (Wildman–Crippen LogP) is 2.09. The van der Waals surface area contributed by atoms with Crippen LogP contribution in [0.25, 0.3) is 0 Å². The van der Waals surface area contributed by atoms with Crippen LogP contribution in [0.2, 0.25) is 5.02 Å². The van der Waals surface area contributed by atoms with Crippen LogP contribution in [0.5, 0.6) is 0 Å². The van der Waals surface area contributed by atoms with Gasteiger partial charge in [-0.25, -0.2) is 0 Å². The van der Waals surface area contributed by atoms with Crippen LogP contribution in [0.15, 0.2) is 24.3 Å². The number of hydrogen-bond donors (Lipinski definition) is 1. The highest BCUT2D eigenvalue weighted by atomic mass is 35.5. The molecule has 1 fully saturated rings. The molecule has 21 heavy (non-hydrogen) atoms. The van der Waals surface area contributed by atoms with Gasteiger partial charge in [-0.1, -0.05) is 23.7 Å². The molecule has 1 aromatic rings. The minimum absolute atomic E-state index is 0.788. The molecule has 0 unspecified atom stereocenters. The molecular formula is C16H26ClN3O. The SMILES string of the molecule is COCCNCCCN1CCN(c2ccccc2Cl)CC1. The Balaban J connectivity index is 1.63. The van der Waals surface area contributed by atoms with Crippen LogP contribution in [0, 0.1) is 0 Å². The van der Waals surface area contributed by atoms with E-state index in [9.17, 15) is 0 Å². The van der Waals surface area contributed by atoms with Gasteiger partial charge in [0.1, 0.15) is 0 Å². The van der Waals surface area contributed by atoms with Crippen molar-refractivity contribution in [2.45, 2.75) is 6.42 Å². The second kappa shape index (κ2) is 9.26. The second-order valence-corrected chi connectivity index (χ2v) is 5.78. The summed E-state index contributed by atoms with van der Waals surface area (Å²) in [5.74, 6) is 0. The van der Waals surface area contributed by atoms with Gasteiger partial charge in [0.05, 0.1) is 17.3 Å². The number of piperazine rings is 1. The Morgan fingerprint density at radius 1 is 1.14 bits per heavy atom. The molecule has 0 bridgehead atoms. The maximum Gasteiger partial charge on any atom is 0.0639 e. The summed E-state index contributed by atoms with van der Waals surface area (Å²) < 4.78 is 5.01. The number of hydrogen-bond acceptors (Lipinski definition) is 4. The summed E-state index contributed by atoms with van der Waals surface area (Å²) in [6.45, 7) is 8.30. The first kappa shape index (κ1) is 16.6. The largest absolute Gasteiger partial charge is 0.383 e. The van der Waals surface area contributed by atoms with Gasteiger partial charge >= 0.3 is 0 Å². The molecule has 0 radical (unpaired) electrons. The smallest absolute Gasteiger partial charge is 0.0639 e. The summed E-state index contributed by atoms with van der Waals surface area (Å²) >= 11 is 6.26. The van der Waals surface area contributed by atoms with Gasteiger partial charge < -0.3 is 15.0 Å². The third-order valence-corrected chi connectivity index (χ3v) is 4.20. The van der Waals surface area contributed by atoms with Gasteiger partial charge in [0.15, 0.2) is 0 Å². The number of nitrogens with one attached hydrogen (secondary N) is 1. The first-order chi connectivity index (χ1) is 10.3. The molecule has 1 aliphatic heterocycles. The van der Waals surface area contributed by atoms with Crippen molar-refractivity contribution in [1.82, 2.24) is 10.2 Å². The highest BCUT2D eigenvalue weighted by Gasteiger charge is 2.17. The molecule has 0 aromatic heterocycles. The van der Waals surface area contributed by atoms with Crippen molar-refractivity contribution in [2.24, 2.45) is 0 Å². The lowest BCUT2D eigenvalue weighted by molar-refractivity contribution is 0.198. The highest BCUT2D eigenvalue weighted by Crippen LogP contribution is 2.25. The van der Waals surface area contributed by atoms with Crippen molar-refractivity contribution in [1.29, 1.82) is 0 Å². The Morgan fingerprint density at radius 3 is 2.62 bits per heavy atom. The zero-order chi connectivity index (χ0) is 14.9. The summed E-state index contributed by atoms with van der Waals surface area (Å²) in [6.07, 6.45) is 1.19. The fourth-order valence-electron chi connectivity index (χ4n) is 2.65. The maximum atomic E-state index is 6.26. The van der Waals surface area contributed by atoms with Gasteiger partial charge in [0, 0.05) is 39.8 Å². The van der Waals surface area contributed by atoms with Crippen molar-refractivity contribution >= 4 is 17.3 Å². The molecule has 2 rings (SSSR count). The van der Waals surface area contributed by atoms with Gasteiger partial charge in [-0.05, 0) is 31.6 Å². The Morgan fingerprint density at radius 2 is 1.90 bits per heavy atom. The third kappa shape index (κ3) is 5.47. The molecule has 0 aliphatic carbocycles. The van der Waals surface area contributed by atoms with Crippen LogP contribution in [0.3, 0.4) is 0 Å². The minimum atomic E-state index is 0.788. The summed E-state index contributed by atoms with van der Waals surface area (Å²) in [4.78, 5) is 4.92.